The summed E-state index contributed by atoms with van der Waals surface area (Å²) in [7, 11) is 0. The van der Waals surface area contributed by atoms with Gasteiger partial charge in [0.1, 0.15) is 0 Å². The van der Waals surface area contributed by atoms with E-state index in [2.05, 4.69) is 17.9 Å². The molecule has 0 saturated heterocycles. The van der Waals surface area contributed by atoms with Crippen molar-refractivity contribution in [2.75, 3.05) is 0 Å². The number of carbonyl (C=O) groups is 1. The van der Waals surface area contributed by atoms with Gasteiger partial charge in [-0.15, -0.1) is 6.58 Å². The Morgan fingerprint density at radius 1 is 1.82 bits per heavy atom. The second kappa shape index (κ2) is 4.68. The average Bonchev–Trinajstić information content (AvgIpc) is 1.86. The molecule has 0 fully saturated rings. The number of hydrogen-bond acceptors (Lipinski definition) is 3. The Morgan fingerprint density at radius 2 is 2.36 bits per heavy atom. The zero-order valence-corrected chi connectivity index (χ0v) is 6.54. The number of ether oxygens (including phenoxy) is 1. The molecule has 62 valence electrons. The first-order valence-electron chi connectivity index (χ1n) is 3.25. The molecule has 0 aliphatic carbocycles. The molecule has 0 aromatic carbocycles. The zero-order valence-electron chi connectivity index (χ0n) is 6.54. The molecule has 0 heterocycles. The summed E-state index contributed by atoms with van der Waals surface area (Å²) in [5.74, 6) is -0.583. The van der Waals surface area contributed by atoms with E-state index in [9.17, 15) is 4.79 Å². The van der Waals surface area contributed by atoms with Gasteiger partial charge in [0, 0.05) is 5.57 Å². The first-order valence-corrected chi connectivity index (χ1v) is 3.25. The predicted octanol–water partition coefficient (Wildman–Crippen LogP) is 1.00. The summed E-state index contributed by atoms with van der Waals surface area (Å²) in [6, 6.07) is 0. The first kappa shape index (κ1) is 9.91. The van der Waals surface area contributed by atoms with Gasteiger partial charge in [-0.25, -0.2) is 4.79 Å². The summed E-state index contributed by atoms with van der Waals surface area (Å²) in [5.41, 5.74) is 0.292. The molecule has 0 rings (SSSR count). The number of aliphatic hydroxyl groups excluding tert-OH is 1. The third-order valence-electron chi connectivity index (χ3n) is 0.957. The van der Waals surface area contributed by atoms with Gasteiger partial charge in [-0.05, 0) is 13.3 Å². The molecule has 0 spiro atoms. The van der Waals surface area contributed by atoms with Crippen LogP contribution in [-0.2, 0) is 9.53 Å². The number of rotatable bonds is 4. The van der Waals surface area contributed by atoms with E-state index in [0.29, 0.717) is 12.0 Å². The lowest BCUT2D eigenvalue weighted by Crippen LogP contribution is -2.14. The molecule has 1 atom stereocenters. The Bertz CT molecular complexity index is 170. The molecule has 0 aliphatic heterocycles. The van der Waals surface area contributed by atoms with Crippen LogP contribution < -0.4 is 0 Å². The van der Waals surface area contributed by atoms with E-state index < -0.39 is 12.3 Å². The Labute approximate surface area is 66.0 Å². The summed E-state index contributed by atoms with van der Waals surface area (Å²) in [6.07, 6.45) is 0.848. The molecule has 1 unspecified atom stereocenters. The summed E-state index contributed by atoms with van der Waals surface area (Å²) < 4.78 is 4.43. The minimum Gasteiger partial charge on any atom is -0.433 e. The van der Waals surface area contributed by atoms with Crippen molar-refractivity contribution in [1.29, 1.82) is 0 Å². The van der Waals surface area contributed by atoms with Crippen LogP contribution in [0.2, 0.25) is 0 Å². The summed E-state index contributed by atoms with van der Waals surface area (Å²) in [4.78, 5) is 10.8. The van der Waals surface area contributed by atoms with Gasteiger partial charge in [-0.2, -0.15) is 0 Å². The van der Waals surface area contributed by atoms with Gasteiger partial charge in [0.15, 0.2) is 6.29 Å². The van der Waals surface area contributed by atoms with Gasteiger partial charge in [0.05, 0.1) is 0 Å². The molecule has 0 aromatic rings. The van der Waals surface area contributed by atoms with Crippen molar-refractivity contribution in [2.45, 2.75) is 19.6 Å². The Balaban J connectivity index is 3.83. The van der Waals surface area contributed by atoms with E-state index in [0.717, 1.165) is 0 Å². The largest absolute Gasteiger partial charge is 0.433 e. The van der Waals surface area contributed by atoms with Crippen molar-refractivity contribution >= 4 is 5.97 Å². The van der Waals surface area contributed by atoms with Gasteiger partial charge in [-0.3, -0.25) is 0 Å². The highest BCUT2D eigenvalue weighted by molar-refractivity contribution is 5.87. The third kappa shape index (κ3) is 4.33. The van der Waals surface area contributed by atoms with Crippen molar-refractivity contribution in [3.05, 3.63) is 24.8 Å². The number of esters is 1. The van der Waals surface area contributed by atoms with Gasteiger partial charge < -0.3 is 9.84 Å². The Kier molecular flexibility index (Phi) is 4.22. The van der Waals surface area contributed by atoms with Crippen LogP contribution in [0.25, 0.3) is 0 Å². The van der Waals surface area contributed by atoms with Gasteiger partial charge in [0.25, 0.3) is 0 Å². The smallest absolute Gasteiger partial charge is 0.336 e. The monoisotopic (exact) mass is 156 g/mol. The van der Waals surface area contributed by atoms with E-state index in [-0.39, 0.29) is 0 Å². The van der Waals surface area contributed by atoms with Crippen LogP contribution in [0, 0.1) is 0 Å². The molecular formula is C8H12O3. The maximum atomic E-state index is 10.8. The van der Waals surface area contributed by atoms with Gasteiger partial charge >= 0.3 is 5.97 Å². The van der Waals surface area contributed by atoms with Crippen LogP contribution in [0.4, 0.5) is 0 Å². The van der Waals surface area contributed by atoms with Crippen LogP contribution in [0.15, 0.2) is 24.8 Å². The highest BCUT2D eigenvalue weighted by Crippen LogP contribution is 2.02. The molecular weight excluding hydrogens is 144 g/mol. The topological polar surface area (TPSA) is 46.5 Å². The maximum Gasteiger partial charge on any atom is 0.336 e. The van der Waals surface area contributed by atoms with E-state index in [1.165, 1.54) is 6.92 Å². The fourth-order valence-corrected chi connectivity index (χ4v) is 0.496. The second-order valence-electron chi connectivity index (χ2n) is 2.10. The quantitative estimate of drug-likeness (QED) is 0.286. The number of carbonyl (C=O) groups excluding carboxylic acids is 1. The van der Waals surface area contributed by atoms with Crippen molar-refractivity contribution in [2.24, 2.45) is 0 Å². The molecule has 0 saturated carbocycles. The molecule has 1 N–H and O–H groups in total. The van der Waals surface area contributed by atoms with Crippen molar-refractivity contribution < 1.29 is 14.6 Å². The minimum absolute atomic E-state index is 0.292. The van der Waals surface area contributed by atoms with E-state index in [4.69, 9.17) is 5.11 Å². The Morgan fingerprint density at radius 3 is 2.73 bits per heavy atom. The summed E-state index contributed by atoms with van der Waals surface area (Å²) in [6.45, 7) is 8.23. The van der Waals surface area contributed by atoms with Gasteiger partial charge in [-0.1, -0.05) is 12.7 Å². The molecule has 0 radical (unpaired) electrons. The van der Waals surface area contributed by atoms with Gasteiger partial charge in [0.2, 0.25) is 0 Å². The standard InChI is InChI=1S/C8H12O3/c1-4-5-6(2)8(10)11-7(3)9/h4,7,9H,1-2,5H2,3H3. The zero-order chi connectivity index (χ0) is 8.85. The van der Waals surface area contributed by atoms with Crippen molar-refractivity contribution in [3.63, 3.8) is 0 Å². The molecule has 0 amide bonds. The van der Waals surface area contributed by atoms with E-state index in [1.807, 2.05) is 0 Å². The molecule has 0 bridgehead atoms. The van der Waals surface area contributed by atoms with Crippen LogP contribution in [0.5, 0.6) is 0 Å². The van der Waals surface area contributed by atoms with Crippen LogP contribution in [0.3, 0.4) is 0 Å². The number of allylic oxidation sites excluding steroid dienone is 1. The van der Waals surface area contributed by atoms with Crippen LogP contribution in [0.1, 0.15) is 13.3 Å². The molecule has 3 heteroatoms. The molecule has 0 aromatic heterocycles. The molecule has 11 heavy (non-hydrogen) atoms. The fraction of sp³-hybridized carbons (Fsp3) is 0.375. The van der Waals surface area contributed by atoms with E-state index in [1.54, 1.807) is 6.08 Å². The van der Waals surface area contributed by atoms with E-state index >= 15 is 0 Å². The average molecular weight is 156 g/mol. The summed E-state index contributed by atoms with van der Waals surface area (Å²) >= 11 is 0. The fourth-order valence-electron chi connectivity index (χ4n) is 0.496. The van der Waals surface area contributed by atoms with Crippen molar-refractivity contribution in [3.8, 4) is 0 Å². The van der Waals surface area contributed by atoms with Crippen molar-refractivity contribution in [1.82, 2.24) is 0 Å². The normalized spacial score (nSPS) is 11.8. The highest BCUT2D eigenvalue weighted by atomic mass is 16.6. The molecule has 3 nitrogen and oxygen atoms in total. The maximum absolute atomic E-state index is 10.8. The minimum atomic E-state index is -1.08. The van der Waals surface area contributed by atoms with Crippen LogP contribution in [-0.4, -0.2) is 17.4 Å². The Hall–Kier alpha value is -1.09. The lowest BCUT2D eigenvalue weighted by Gasteiger charge is -2.06. The summed E-state index contributed by atoms with van der Waals surface area (Å²) in [5, 5.41) is 8.63. The highest BCUT2D eigenvalue weighted by Gasteiger charge is 2.08. The number of aliphatic hydroxyl groups is 1. The third-order valence-corrected chi connectivity index (χ3v) is 0.957. The second-order valence-corrected chi connectivity index (χ2v) is 2.10. The first-order chi connectivity index (χ1) is 5.07. The SMILES string of the molecule is C=CCC(=C)C(=O)OC(C)O. The molecule has 0 aliphatic rings. The lowest BCUT2D eigenvalue weighted by molar-refractivity contribution is -0.159. The lowest BCUT2D eigenvalue weighted by atomic mass is 10.2. The van der Waals surface area contributed by atoms with Crippen LogP contribution >= 0.6 is 0 Å². The predicted molar refractivity (Wildman–Crippen MR) is 41.7 cm³/mol. The number of hydrogen-bond donors (Lipinski definition) is 1.